The van der Waals surface area contributed by atoms with Gasteiger partial charge >= 0.3 is 0 Å². The number of aryl methyl sites for hydroxylation is 2. The van der Waals surface area contributed by atoms with Crippen LogP contribution in [-0.2, 0) is 0 Å². The largest absolute Gasteiger partial charge is 0.261 e. The lowest BCUT2D eigenvalue weighted by molar-refractivity contribution is 1.21. The molecule has 16 heavy (non-hydrogen) atoms. The molecule has 2 heteroatoms. The Balaban J connectivity index is 2.67. The van der Waals surface area contributed by atoms with E-state index >= 15 is 0 Å². The van der Waals surface area contributed by atoms with E-state index in [4.69, 9.17) is 0 Å². The van der Waals surface area contributed by atoms with E-state index in [2.05, 4.69) is 41.2 Å². The van der Waals surface area contributed by atoms with Gasteiger partial charge in [-0.05, 0) is 25.3 Å². The molecule has 0 spiro atoms. The first-order valence-corrected chi connectivity index (χ1v) is 5.38. The lowest BCUT2D eigenvalue weighted by Gasteiger charge is -2.07. The summed E-state index contributed by atoms with van der Waals surface area (Å²) in [5, 5.41) is 3.63. The Morgan fingerprint density at radius 2 is 1.62 bits per heavy atom. The van der Waals surface area contributed by atoms with Crippen LogP contribution in [0.4, 0.5) is 0 Å². The maximum absolute atomic E-state index is 4.62. The van der Waals surface area contributed by atoms with Gasteiger partial charge in [-0.2, -0.15) is 0 Å². The fourth-order valence-corrected chi connectivity index (χ4v) is 2.24. The molecule has 0 radical (unpaired) electrons. The molecular weight excluding hydrogens is 196 g/mol. The number of pyridine rings is 2. The van der Waals surface area contributed by atoms with Crippen LogP contribution >= 0.6 is 0 Å². The third-order valence-electron chi connectivity index (χ3n) is 2.99. The van der Waals surface area contributed by atoms with E-state index < -0.39 is 0 Å². The molecule has 1 aromatic carbocycles. The van der Waals surface area contributed by atoms with E-state index in [9.17, 15) is 0 Å². The molecule has 3 rings (SSSR count). The van der Waals surface area contributed by atoms with E-state index in [-0.39, 0.29) is 0 Å². The van der Waals surface area contributed by atoms with Gasteiger partial charge in [0.1, 0.15) is 0 Å². The molecular formula is C14H12N2. The molecule has 0 aliphatic rings. The van der Waals surface area contributed by atoms with E-state index in [1.807, 2.05) is 19.2 Å². The summed E-state index contributed by atoms with van der Waals surface area (Å²) < 4.78 is 0. The van der Waals surface area contributed by atoms with Crippen LogP contribution in [-0.4, -0.2) is 9.97 Å². The highest BCUT2D eigenvalue weighted by atomic mass is 14.7. The molecule has 0 fully saturated rings. The van der Waals surface area contributed by atoms with Crippen molar-refractivity contribution in [1.29, 1.82) is 0 Å². The van der Waals surface area contributed by atoms with Crippen molar-refractivity contribution in [2.24, 2.45) is 0 Å². The third kappa shape index (κ3) is 1.20. The normalized spacial score (nSPS) is 11.1. The van der Waals surface area contributed by atoms with E-state index in [1.54, 1.807) is 0 Å². The van der Waals surface area contributed by atoms with Crippen molar-refractivity contribution in [1.82, 2.24) is 9.97 Å². The van der Waals surface area contributed by atoms with Crippen molar-refractivity contribution in [2.45, 2.75) is 13.8 Å². The summed E-state index contributed by atoms with van der Waals surface area (Å²) in [5.41, 5.74) is 3.15. The standard InChI is InChI=1S/C14H12N2/c1-9-11-5-3-4-6-12(11)14-10(2)15-8-7-13(14)16-9/h3-8H,1-2H3. The molecule has 2 heterocycles. The van der Waals surface area contributed by atoms with Gasteiger partial charge in [0.05, 0.1) is 5.52 Å². The fraction of sp³-hybridized carbons (Fsp3) is 0.143. The number of fused-ring (bicyclic) bond motifs is 3. The number of hydrogen-bond acceptors (Lipinski definition) is 2. The summed E-state index contributed by atoms with van der Waals surface area (Å²) in [6, 6.07) is 10.3. The zero-order valence-electron chi connectivity index (χ0n) is 9.36. The monoisotopic (exact) mass is 208 g/mol. The molecule has 0 aliphatic heterocycles. The Labute approximate surface area is 94.0 Å². The van der Waals surface area contributed by atoms with Gasteiger partial charge < -0.3 is 0 Å². The van der Waals surface area contributed by atoms with Gasteiger partial charge in [0.2, 0.25) is 0 Å². The van der Waals surface area contributed by atoms with Crippen LogP contribution in [0.5, 0.6) is 0 Å². The summed E-state index contributed by atoms with van der Waals surface area (Å²) in [7, 11) is 0. The number of aromatic nitrogens is 2. The van der Waals surface area contributed by atoms with Crippen molar-refractivity contribution < 1.29 is 0 Å². The van der Waals surface area contributed by atoms with Crippen LogP contribution in [0.25, 0.3) is 21.7 Å². The molecule has 2 nitrogen and oxygen atoms in total. The Bertz CT molecular complexity index is 687. The molecule has 0 aliphatic carbocycles. The fourth-order valence-electron chi connectivity index (χ4n) is 2.24. The zero-order chi connectivity index (χ0) is 11.1. The van der Waals surface area contributed by atoms with E-state index in [0.29, 0.717) is 0 Å². The molecule has 0 saturated heterocycles. The highest BCUT2D eigenvalue weighted by Gasteiger charge is 2.06. The van der Waals surface area contributed by atoms with E-state index in [1.165, 1.54) is 16.2 Å². The van der Waals surface area contributed by atoms with Crippen molar-refractivity contribution in [3.05, 3.63) is 47.9 Å². The summed E-state index contributed by atoms with van der Waals surface area (Å²) >= 11 is 0. The Morgan fingerprint density at radius 1 is 0.875 bits per heavy atom. The highest BCUT2D eigenvalue weighted by Crippen LogP contribution is 2.27. The molecule has 0 bridgehead atoms. The Morgan fingerprint density at radius 3 is 2.44 bits per heavy atom. The predicted octanol–water partition coefficient (Wildman–Crippen LogP) is 3.40. The van der Waals surface area contributed by atoms with Gasteiger partial charge in [-0.25, -0.2) is 0 Å². The maximum Gasteiger partial charge on any atom is 0.0745 e. The van der Waals surface area contributed by atoms with Crippen molar-refractivity contribution in [3.63, 3.8) is 0 Å². The molecule has 3 aromatic rings. The number of hydrogen-bond donors (Lipinski definition) is 0. The summed E-state index contributed by atoms with van der Waals surface area (Å²) in [6.45, 7) is 4.09. The van der Waals surface area contributed by atoms with Gasteiger partial charge in [0.15, 0.2) is 0 Å². The minimum Gasteiger partial charge on any atom is -0.261 e. The number of rotatable bonds is 0. The van der Waals surface area contributed by atoms with Crippen LogP contribution in [0.15, 0.2) is 36.5 Å². The topological polar surface area (TPSA) is 25.8 Å². The molecule has 0 amide bonds. The minimum atomic E-state index is 1.03. The first-order valence-electron chi connectivity index (χ1n) is 5.38. The lowest BCUT2D eigenvalue weighted by Crippen LogP contribution is -1.91. The molecule has 2 aromatic heterocycles. The van der Waals surface area contributed by atoms with Gasteiger partial charge in [0.25, 0.3) is 0 Å². The van der Waals surface area contributed by atoms with Crippen molar-refractivity contribution in [3.8, 4) is 0 Å². The zero-order valence-corrected chi connectivity index (χ0v) is 9.36. The van der Waals surface area contributed by atoms with Crippen LogP contribution < -0.4 is 0 Å². The minimum absolute atomic E-state index is 1.03. The van der Waals surface area contributed by atoms with Gasteiger partial charge in [-0.3, -0.25) is 9.97 Å². The average Bonchev–Trinajstić information content (AvgIpc) is 2.29. The predicted molar refractivity (Wildman–Crippen MR) is 66.5 cm³/mol. The Kier molecular flexibility index (Phi) is 1.90. The second kappa shape index (κ2) is 3.27. The molecule has 0 saturated carbocycles. The van der Waals surface area contributed by atoms with Gasteiger partial charge in [-0.15, -0.1) is 0 Å². The average molecular weight is 208 g/mol. The highest BCUT2D eigenvalue weighted by molar-refractivity contribution is 6.07. The molecule has 0 atom stereocenters. The SMILES string of the molecule is Cc1nc2ccnc(C)c2c2ccccc12. The van der Waals surface area contributed by atoms with Crippen LogP contribution in [0.2, 0.25) is 0 Å². The Hall–Kier alpha value is -1.96. The summed E-state index contributed by atoms with van der Waals surface area (Å²) in [5.74, 6) is 0. The quantitative estimate of drug-likeness (QED) is 0.529. The summed E-state index contributed by atoms with van der Waals surface area (Å²) in [6.07, 6.45) is 1.82. The smallest absolute Gasteiger partial charge is 0.0745 e. The lowest BCUT2D eigenvalue weighted by atomic mass is 10.0. The first kappa shape index (κ1) is 9.28. The third-order valence-corrected chi connectivity index (χ3v) is 2.99. The molecule has 0 unspecified atom stereocenters. The van der Waals surface area contributed by atoms with Crippen LogP contribution in [0, 0.1) is 13.8 Å². The maximum atomic E-state index is 4.62. The first-order chi connectivity index (χ1) is 7.77. The van der Waals surface area contributed by atoms with Crippen LogP contribution in [0.3, 0.4) is 0 Å². The van der Waals surface area contributed by atoms with Crippen molar-refractivity contribution >= 4 is 21.7 Å². The molecule has 0 N–H and O–H groups in total. The molecule has 78 valence electrons. The van der Waals surface area contributed by atoms with Crippen LogP contribution in [0.1, 0.15) is 11.4 Å². The number of benzene rings is 1. The van der Waals surface area contributed by atoms with Gasteiger partial charge in [0, 0.05) is 28.4 Å². The van der Waals surface area contributed by atoms with E-state index in [0.717, 1.165) is 16.9 Å². The second-order valence-corrected chi connectivity index (χ2v) is 4.03. The second-order valence-electron chi connectivity index (χ2n) is 4.03. The summed E-state index contributed by atoms with van der Waals surface area (Å²) in [4.78, 5) is 8.97. The van der Waals surface area contributed by atoms with Gasteiger partial charge in [-0.1, -0.05) is 24.3 Å². The van der Waals surface area contributed by atoms with Crippen molar-refractivity contribution in [2.75, 3.05) is 0 Å². The number of nitrogens with zero attached hydrogens (tertiary/aromatic N) is 2.